The summed E-state index contributed by atoms with van der Waals surface area (Å²) in [4.78, 5) is 0. The molecule has 0 unspecified atom stereocenters. The van der Waals surface area contributed by atoms with Crippen LogP contribution in [-0.2, 0) is 0 Å². The Bertz CT molecular complexity index is 657. The van der Waals surface area contributed by atoms with E-state index in [1.165, 1.54) is 42.9 Å². The van der Waals surface area contributed by atoms with Crippen molar-refractivity contribution in [3.05, 3.63) is 48.5 Å². The molecule has 1 aliphatic carbocycles. The summed E-state index contributed by atoms with van der Waals surface area (Å²) >= 11 is 0. The SMILES string of the molecule is C=Cc1ccc2cc(OC)ccc2c1.CC(C)(C)C1CCCCC1. The number of fused-ring (bicyclic) bond motifs is 1. The number of methoxy groups -OCH3 is 1. The van der Waals surface area contributed by atoms with Crippen LogP contribution in [-0.4, -0.2) is 7.11 Å². The molecule has 1 heteroatoms. The first kappa shape index (κ1) is 18.6. The quantitative estimate of drug-likeness (QED) is 0.572. The minimum Gasteiger partial charge on any atom is -0.497 e. The van der Waals surface area contributed by atoms with E-state index in [-0.39, 0.29) is 0 Å². The van der Waals surface area contributed by atoms with E-state index in [2.05, 4.69) is 51.6 Å². The van der Waals surface area contributed by atoms with Crippen molar-refractivity contribution in [2.45, 2.75) is 52.9 Å². The highest BCUT2D eigenvalue weighted by atomic mass is 16.5. The van der Waals surface area contributed by atoms with Crippen molar-refractivity contribution in [1.82, 2.24) is 0 Å². The summed E-state index contributed by atoms with van der Waals surface area (Å²) < 4.78 is 5.16. The third kappa shape index (κ3) is 5.12. The average molecular weight is 325 g/mol. The molecule has 2 aromatic rings. The smallest absolute Gasteiger partial charge is 0.119 e. The topological polar surface area (TPSA) is 9.23 Å². The fraction of sp³-hybridized carbons (Fsp3) is 0.478. The van der Waals surface area contributed by atoms with Gasteiger partial charge in [0.15, 0.2) is 0 Å². The zero-order valence-corrected chi connectivity index (χ0v) is 15.8. The molecule has 1 aliphatic rings. The van der Waals surface area contributed by atoms with Gasteiger partial charge in [-0.15, -0.1) is 0 Å². The fourth-order valence-electron chi connectivity index (χ4n) is 3.46. The number of hydrogen-bond acceptors (Lipinski definition) is 1. The maximum atomic E-state index is 5.16. The molecule has 0 spiro atoms. The largest absolute Gasteiger partial charge is 0.497 e. The Morgan fingerprint density at radius 3 is 2.12 bits per heavy atom. The Morgan fingerprint density at radius 2 is 1.58 bits per heavy atom. The van der Waals surface area contributed by atoms with Crippen LogP contribution < -0.4 is 4.74 Å². The summed E-state index contributed by atoms with van der Waals surface area (Å²) in [7, 11) is 1.68. The summed E-state index contributed by atoms with van der Waals surface area (Å²) in [5.41, 5.74) is 1.71. The third-order valence-electron chi connectivity index (χ3n) is 5.14. The van der Waals surface area contributed by atoms with Crippen LogP contribution in [0.25, 0.3) is 16.8 Å². The van der Waals surface area contributed by atoms with E-state index in [0.717, 1.165) is 17.2 Å². The van der Waals surface area contributed by atoms with Crippen LogP contribution in [0.4, 0.5) is 0 Å². The van der Waals surface area contributed by atoms with Gasteiger partial charge in [0, 0.05) is 0 Å². The molecule has 3 rings (SSSR count). The normalized spacial score (nSPS) is 15.5. The standard InChI is InChI=1S/C13H12O.C10H20/c1-3-10-4-5-12-9-13(14-2)7-6-11(12)8-10;1-10(2,3)9-7-5-4-6-8-9/h3-9H,1H2,2H3;9H,4-8H2,1-3H3. The zero-order valence-electron chi connectivity index (χ0n) is 15.8. The van der Waals surface area contributed by atoms with Crippen molar-refractivity contribution in [2.75, 3.05) is 7.11 Å². The van der Waals surface area contributed by atoms with Crippen molar-refractivity contribution in [2.24, 2.45) is 11.3 Å². The molecule has 130 valence electrons. The van der Waals surface area contributed by atoms with E-state index in [9.17, 15) is 0 Å². The summed E-state index contributed by atoms with van der Waals surface area (Å²) in [6.07, 6.45) is 9.23. The second-order valence-electron chi connectivity index (χ2n) is 7.88. The van der Waals surface area contributed by atoms with Gasteiger partial charge in [-0.25, -0.2) is 0 Å². The second-order valence-corrected chi connectivity index (χ2v) is 7.88. The van der Waals surface area contributed by atoms with Crippen LogP contribution in [0.5, 0.6) is 5.75 Å². The first-order chi connectivity index (χ1) is 11.4. The molecule has 0 aromatic heterocycles. The Hall–Kier alpha value is -1.76. The van der Waals surface area contributed by atoms with E-state index in [4.69, 9.17) is 4.74 Å². The van der Waals surface area contributed by atoms with E-state index in [0.29, 0.717) is 5.41 Å². The zero-order chi connectivity index (χ0) is 17.6. The van der Waals surface area contributed by atoms with E-state index < -0.39 is 0 Å². The van der Waals surface area contributed by atoms with Crippen LogP contribution >= 0.6 is 0 Å². The molecule has 1 saturated carbocycles. The molecule has 24 heavy (non-hydrogen) atoms. The van der Waals surface area contributed by atoms with Gasteiger partial charge in [0.2, 0.25) is 0 Å². The number of benzene rings is 2. The lowest BCUT2D eigenvalue weighted by Gasteiger charge is -2.33. The first-order valence-corrected chi connectivity index (χ1v) is 9.14. The highest BCUT2D eigenvalue weighted by Gasteiger charge is 2.25. The molecule has 2 aromatic carbocycles. The fourth-order valence-corrected chi connectivity index (χ4v) is 3.46. The Kier molecular flexibility index (Phi) is 6.48. The predicted molar refractivity (Wildman–Crippen MR) is 107 cm³/mol. The maximum absolute atomic E-state index is 5.16. The van der Waals surface area contributed by atoms with E-state index >= 15 is 0 Å². The lowest BCUT2D eigenvalue weighted by Crippen LogP contribution is -2.22. The van der Waals surface area contributed by atoms with Crippen LogP contribution in [0.3, 0.4) is 0 Å². The van der Waals surface area contributed by atoms with Gasteiger partial charge in [-0.2, -0.15) is 0 Å². The van der Waals surface area contributed by atoms with Gasteiger partial charge in [-0.3, -0.25) is 0 Å². The lowest BCUT2D eigenvalue weighted by atomic mass is 9.72. The van der Waals surface area contributed by atoms with Crippen molar-refractivity contribution >= 4 is 16.8 Å². The molecule has 0 bridgehead atoms. The molecule has 1 nitrogen and oxygen atoms in total. The summed E-state index contributed by atoms with van der Waals surface area (Å²) in [6, 6.07) is 12.3. The lowest BCUT2D eigenvalue weighted by molar-refractivity contribution is 0.180. The highest BCUT2D eigenvalue weighted by Crippen LogP contribution is 2.37. The van der Waals surface area contributed by atoms with Gasteiger partial charge in [0.25, 0.3) is 0 Å². The van der Waals surface area contributed by atoms with Gasteiger partial charge < -0.3 is 4.74 Å². The van der Waals surface area contributed by atoms with Crippen molar-refractivity contribution in [3.63, 3.8) is 0 Å². The number of ether oxygens (including phenoxy) is 1. The summed E-state index contributed by atoms with van der Waals surface area (Å²) in [5, 5.41) is 2.40. The van der Waals surface area contributed by atoms with Gasteiger partial charge in [0.1, 0.15) is 5.75 Å². The minimum absolute atomic E-state index is 0.570. The van der Waals surface area contributed by atoms with Gasteiger partial charge in [-0.05, 0) is 58.7 Å². The number of hydrogen-bond donors (Lipinski definition) is 0. The van der Waals surface area contributed by atoms with Crippen LogP contribution in [0.2, 0.25) is 0 Å². The highest BCUT2D eigenvalue weighted by molar-refractivity contribution is 5.85. The number of rotatable bonds is 2. The average Bonchev–Trinajstić information content (AvgIpc) is 2.61. The first-order valence-electron chi connectivity index (χ1n) is 9.14. The van der Waals surface area contributed by atoms with Crippen LogP contribution in [0.1, 0.15) is 58.4 Å². The van der Waals surface area contributed by atoms with Crippen LogP contribution in [0.15, 0.2) is 43.0 Å². The molecule has 0 atom stereocenters. The molecule has 1 fully saturated rings. The Balaban J connectivity index is 0.000000185. The Labute approximate surface area is 147 Å². The molecular formula is C23H32O. The molecule has 0 radical (unpaired) electrons. The molecule has 0 amide bonds. The van der Waals surface area contributed by atoms with Crippen molar-refractivity contribution in [3.8, 4) is 5.75 Å². The van der Waals surface area contributed by atoms with Gasteiger partial charge in [-0.1, -0.05) is 70.9 Å². The predicted octanol–water partition coefficient (Wildman–Crippen LogP) is 7.10. The second kappa shape index (κ2) is 8.37. The van der Waals surface area contributed by atoms with Crippen molar-refractivity contribution < 1.29 is 4.74 Å². The third-order valence-corrected chi connectivity index (χ3v) is 5.14. The summed E-state index contributed by atoms with van der Waals surface area (Å²) in [6.45, 7) is 10.9. The molecular weight excluding hydrogens is 292 g/mol. The van der Waals surface area contributed by atoms with E-state index in [1.807, 2.05) is 18.2 Å². The maximum Gasteiger partial charge on any atom is 0.119 e. The van der Waals surface area contributed by atoms with Crippen molar-refractivity contribution in [1.29, 1.82) is 0 Å². The van der Waals surface area contributed by atoms with Crippen LogP contribution in [0, 0.1) is 11.3 Å². The van der Waals surface area contributed by atoms with Gasteiger partial charge >= 0.3 is 0 Å². The molecule has 0 N–H and O–H groups in total. The molecule has 0 aliphatic heterocycles. The van der Waals surface area contributed by atoms with E-state index in [1.54, 1.807) is 7.11 Å². The molecule has 0 heterocycles. The minimum atomic E-state index is 0.570. The molecule has 0 saturated heterocycles. The monoisotopic (exact) mass is 324 g/mol. The summed E-state index contributed by atoms with van der Waals surface area (Å²) in [5.74, 6) is 1.89. The Morgan fingerprint density at radius 1 is 0.958 bits per heavy atom. The van der Waals surface area contributed by atoms with Gasteiger partial charge in [0.05, 0.1) is 7.11 Å².